The number of nitrogens with zero attached hydrogens (tertiary/aromatic N) is 1. The molecule has 0 saturated carbocycles. The fourth-order valence-electron chi connectivity index (χ4n) is 2.88. The summed E-state index contributed by atoms with van der Waals surface area (Å²) in [5.74, 6) is -0.314. The smallest absolute Gasteiger partial charge is 0.171 e. The predicted octanol–water partition coefficient (Wildman–Crippen LogP) is 2.25. The summed E-state index contributed by atoms with van der Waals surface area (Å²) in [4.78, 5) is 2.38. The number of benzene rings is 1. The topological polar surface area (TPSA) is 47.7 Å². The predicted molar refractivity (Wildman–Crippen MR) is 78.1 cm³/mol. The number of hydrogen-bond acceptors (Lipinski definition) is 4. The zero-order chi connectivity index (χ0) is 13.3. The van der Waals surface area contributed by atoms with Crippen LogP contribution in [0.1, 0.15) is 18.4 Å². The summed E-state index contributed by atoms with van der Waals surface area (Å²) in [6.07, 6.45) is 1.84. The van der Waals surface area contributed by atoms with Crippen LogP contribution >= 0.6 is 15.9 Å². The van der Waals surface area contributed by atoms with Crippen molar-refractivity contribution in [2.45, 2.75) is 25.2 Å². The number of hydrogen-bond donors (Lipinski definition) is 1. The van der Waals surface area contributed by atoms with Gasteiger partial charge in [-0.2, -0.15) is 0 Å². The maximum Gasteiger partial charge on any atom is 0.171 e. The van der Waals surface area contributed by atoms with E-state index in [2.05, 4.69) is 33.0 Å². The zero-order valence-corrected chi connectivity index (χ0v) is 12.5. The summed E-state index contributed by atoms with van der Waals surface area (Å²) in [5.41, 5.74) is 8.25. The molecule has 2 heterocycles. The van der Waals surface area contributed by atoms with Crippen LogP contribution in [0, 0.1) is 0 Å². The van der Waals surface area contributed by atoms with Crippen LogP contribution in [-0.4, -0.2) is 32.1 Å². The fraction of sp³-hybridized carbons (Fsp3) is 0.571. The lowest BCUT2D eigenvalue weighted by molar-refractivity contribution is -0.169. The lowest BCUT2D eigenvalue weighted by Crippen LogP contribution is -2.45. The maximum atomic E-state index is 5.83. The molecular weight excluding hydrogens is 308 g/mol. The lowest BCUT2D eigenvalue weighted by atomic mass is 10.0. The van der Waals surface area contributed by atoms with E-state index in [0.717, 1.165) is 43.6 Å². The van der Waals surface area contributed by atoms with Crippen molar-refractivity contribution in [3.05, 3.63) is 28.2 Å². The van der Waals surface area contributed by atoms with E-state index in [9.17, 15) is 0 Å². The van der Waals surface area contributed by atoms with Gasteiger partial charge < -0.3 is 20.1 Å². The molecule has 19 heavy (non-hydrogen) atoms. The van der Waals surface area contributed by atoms with E-state index in [1.807, 2.05) is 6.07 Å². The van der Waals surface area contributed by atoms with Gasteiger partial charge in [-0.1, -0.05) is 22.0 Å². The van der Waals surface area contributed by atoms with Crippen molar-refractivity contribution in [2.24, 2.45) is 5.73 Å². The highest BCUT2D eigenvalue weighted by Gasteiger charge is 2.40. The molecule has 1 aromatic carbocycles. The molecule has 2 aliphatic heterocycles. The summed E-state index contributed by atoms with van der Waals surface area (Å²) >= 11 is 3.54. The van der Waals surface area contributed by atoms with Gasteiger partial charge in [0.05, 0.1) is 13.2 Å². The molecule has 0 radical (unpaired) electrons. The van der Waals surface area contributed by atoms with E-state index >= 15 is 0 Å². The number of halogens is 1. The Bertz CT molecular complexity index is 451. The standard InChI is InChI=1S/C14H19BrN2O2/c15-12-2-1-11(10-16)13(9-12)17-5-3-14(4-6-17)18-7-8-19-14/h1-2,9H,3-8,10,16H2. The molecule has 0 aliphatic carbocycles. The van der Waals surface area contributed by atoms with Gasteiger partial charge in [-0.15, -0.1) is 0 Å². The van der Waals surface area contributed by atoms with Crippen molar-refractivity contribution in [3.63, 3.8) is 0 Å². The molecule has 0 aromatic heterocycles. The first-order valence-corrected chi connectivity index (χ1v) is 7.53. The molecule has 0 atom stereocenters. The summed E-state index contributed by atoms with van der Waals surface area (Å²) in [6, 6.07) is 6.28. The van der Waals surface area contributed by atoms with Crippen LogP contribution in [0.15, 0.2) is 22.7 Å². The van der Waals surface area contributed by atoms with Gasteiger partial charge in [-0.25, -0.2) is 0 Å². The summed E-state index contributed by atoms with van der Waals surface area (Å²) in [7, 11) is 0. The molecule has 1 aromatic rings. The Morgan fingerprint density at radius 2 is 1.89 bits per heavy atom. The normalized spacial score (nSPS) is 22.1. The molecule has 0 unspecified atom stereocenters. The molecule has 2 N–H and O–H groups in total. The molecule has 2 fully saturated rings. The maximum absolute atomic E-state index is 5.83. The van der Waals surface area contributed by atoms with Gasteiger partial charge in [0.2, 0.25) is 0 Å². The molecule has 2 saturated heterocycles. The Hall–Kier alpha value is -0.620. The highest BCUT2D eigenvalue weighted by molar-refractivity contribution is 9.10. The quantitative estimate of drug-likeness (QED) is 0.905. The Labute approximate surface area is 122 Å². The molecule has 1 spiro atoms. The van der Waals surface area contributed by atoms with Gasteiger partial charge in [-0.05, 0) is 17.7 Å². The van der Waals surface area contributed by atoms with Crippen molar-refractivity contribution in [1.29, 1.82) is 0 Å². The average molecular weight is 327 g/mol. The number of rotatable bonds is 2. The first-order chi connectivity index (χ1) is 9.22. The number of anilines is 1. The highest BCUT2D eigenvalue weighted by Crippen LogP contribution is 2.35. The third-order valence-corrected chi connectivity index (χ3v) is 4.44. The molecule has 0 amide bonds. The fourth-order valence-corrected chi connectivity index (χ4v) is 3.23. The van der Waals surface area contributed by atoms with E-state index in [1.165, 1.54) is 11.3 Å². The minimum absolute atomic E-state index is 0.314. The zero-order valence-electron chi connectivity index (χ0n) is 10.9. The molecule has 3 rings (SSSR count). The number of nitrogens with two attached hydrogens (primary N) is 1. The van der Waals surface area contributed by atoms with Crippen molar-refractivity contribution in [2.75, 3.05) is 31.2 Å². The second-order valence-electron chi connectivity index (χ2n) is 5.07. The van der Waals surface area contributed by atoms with Crippen LogP contribution < -0.4 is 10.6 Å². The van der Waals surface area contributed by atoms with Crippen LogP contribution in [0.25, 0.3) is 0 Å². The van der Waals surface area contributed by atoms with Crippen LogP contribution in [0.4, 0.5) is 5.69 Å². The van der Waals surface area contributed by atoms with Crippen LogP contribution in [-0.2, 0) is 16.0 Å². The SMILES string of the molecule is NCc1ccc(Br)cc1N1CCC2(CC1)OCCO2. The Morgan fingerprint density at radius 1 is 1.21 bits per heavy atom. The summed E-state index contributed by atoms with van der Waals surface area (Å²) < 4.78 is 12.6. The molecule has 0 bridgehead atoms. The molecule has 4 nitrogen and oxygen atoms in total. The van der Waals surface area contributed by atoms with Gasteiger partial charge in [0.15, 0.2) is 5.79 Å². The minimum atomic E-state index is -0.314. The van der Waals surface area contributed by atoms with Crippen LogP contribution in [0.5, 0.6) is 0 Å². The van der Waals surface area contributed by atoms with Crippen molar-refractivity contribution in [3.8, 4) is 0 Å². The Kier molecular flexibility index (Phi) is 3.80. The number of ether oxygens (including phenoxy) is 2. The van der Waals surface area contributed by atoms with Crippen molar-refractivity contribution in [1.82, 2.24) is 0 Å². The summed E-state index contributed by atoms with van der Waals surface area (Å²) in [5, 5.41) is 0. The van der Waals surface area contributed by atoms with Gasteiger partial charge in [-0.3, -0.25) is 0 Å². The van der Waals surface area contributed by atoms with E-state index in [-0.39, 0.29) is 5.79 Å². The highest BCUT2D eigenvalue weighted by atomic mass is 79.9. The first kappa shape index (κ1) is 13.4. The molecular formula is C14H19BrN2O2. The van der Waals surface area contributed by atoms with E-state index < -0.39 is 0 Å². The van der Waals surface area contributed by atoms with E-state index in [1.54, 1.807) is 0 Å². The van der Waals surface area contributed by atoms with Crippen molar-refractivity contribution >= 4 is 21.6 Å². The third kappa shape index (κ3) is 2.65. The Balaban J connectivity index is 1.76. The minimum Gasteiger partial charge on any atom is -0.371 e. The molecule has 104 valence electrons. The Morgan fingerprint density at radius 3 is 2.53 bits per heavy atom. The van der Waals surface area contributed by atoms with Gasteiger partial charge in [0.25, 0.3) is 0 Å². The first-order valence-electron chi connectivity index (χ1n) is 6.74. The van der Waals surface area contributed by atoms with E-state index in [4.69, 9.17) is 15.2 Å². The van der Waals surface area contributed by atoms with Crippen LogP contribution in [0.3, 0.4) is 0 Å². The van der Waals surface area contributed by atoms with E-state index in [0.29, 0.717) is 6.54 Å². The largest absolute Gasteiger partial charge is 0.371 e. The molecule has 5 heteroatoms. The van der Waals surface area contributed by atoms with Gasteiger partial charge in [0.1, 0.15) is 0 Å². The number of piperidine rings is 1. The summed E-state index contributed by atoms with van der Waals surface area (Å²) in [6.45, 7) is 3.92. The van der Waals surface area contributed by atoms with Crippen molar-refractivity contribution < 1.29 is 9.47 Å². The molecule has 2 aliphatic rings. The monoisotopic (exact) mass is 326 g/mol. The second-order valence-corrected chi connectivity index (χ2v) is 5.99. The van der Waals surface area contributed by atoms with Crippen LogP contribution in [0.2, 0.25) is 0 Å². The van der Waals surface area contributed by atoms with Gasteiger partial charge in [0, 0.05) is 42.6 Å². The average Bonchev–Trinajstić information content (AvgIpc) is 2.88. The van der Waals surface area contributed by atoms with Gasteiger partial charge >= 0.3 is 0 Å². The second kappa shape index (κ2) is 5.40. The third-order valence-electron chi connectivity index (χ3n) is 3.95. The lowest BCUT2D eigenvalue weighted by Gasteiger charge is -2.39.